The van der Waals surface area contributed by atoms with E-state index in [-0.39, 0.29) is 31.5 Å². The van der Waals surface area contributed by atoms with Crippen LogP contribution in [-0.2, 0) is 41.8 Å². The molecular formula is C32H48Cl2N2O6. The molecule has 0 unspecified atom stereocenters. The Morgan fingerprint density at radius 1 is 0.762 bits per heavy atom. The van der Waals surface area contributed by atoms with Crippen molar-refractivity contribution in [1.29, 1.82) is 0 Å². The lowest BCUT2D eigenvalue weighted by atomic mass is 9.98. The molecule has 2 aliphatic rings. The van der Waals surface area contributed by atoms with Gasteiger partial charge in [-0.05, 0) is 73.3 Å². The Bertz CT molecular complexity index is 941. The van der Waals surface area contributed by atoms with E-state index in [4.69, 9.17) is 25.8 Å². The van der Waals surface area contributed by atoms with Crippen LogP contribution in [0.15, 0.2) is 60.7 Å². The number of nitrogens with one attached hydrogen (secondary N) is 1. The fourth-order valence-electron chi connectivity index (χ4n) is 4.56. The molecular weight excluding hydrogens is 579 g/mol. The molecule has 236 valence electrons. The molecule has 0 bridgehead atoms. The molecule has 0 atom stereocenters. The summed E-state index contributed by atoms with van der Waals surface area (Å²) in [6, 6.07) is 20.6. The minimum absolute atomic E-state index is 0. The maximum Gasteiger partial charge on any atom is 0.248 e. The van der Waals surface area contributed by atoms with Gasteiger partial charge in [-0.25, -0.2) is 0 Å². The van der Waals surface area contributed by atoms with Crippen LogP contribution in [0.2, 0.25) is 0 Å². The number of carbonyl (C=O) groups is 2. The average Bonchev–Trinajstić information content (AvgIpc) is 3.00. The van der Waals surface area contributed by atoms with Crippen molar-refractivity contribution in [2.45, 2.75) is 38.9 Å². The van der Waals surface area contributed by atoms with Crippen LogP contribution in [0.4, 0.5) is 0 Å². The van der Waals surface area contributed by atoms with Crippen LogP contribution in [-0.4, -0.2) is 82.9 Å². The summed E-state index contributed by atoms with van der Waals surface area (Å²) in [6.07, 6.45) is 4.55. The summed E-state index contributed by atoms with van der Waals surface area (Å²) in [5, 5.41) is 2.91. The molecule has 0 aromatic heterocycles. The second kappa shape index (κ2) is 24.4. The normalized spacial score (nSPS) is 15.4. The Labute approximate surface area is 262 Å². The van der Waals surface area contributed by atoms with Gasteiger partial charge in [-0.15, -0.1) is 12.4 Å². The van der Waals surface area contributed by atoms with E-state index in [1.807, 2.05) is 29.2 Å². The Hall–Kier alpha value is -2.04. The Morgan fingerprint density at radius 2 is 1.21 bits per heavy atom. The number of amides is 1. The first-order valence-electron chi connectivity index (χ1n) is 14.4. The van der Waals surface area contributed by atoms with Crippen LogP contribution >= 0.6 is 24.0 Å². The molecule has 0 saturated carbocycles. The predicted molar refractivity (Wildman–Crippen MR) is 169 cm³/mol. The molecule has 2 heterocycles. The SMILES string of the molecule is COCC(=O)Cl.COCC(=O)N1CCC(COCc2ccccc2)CC1.Cl.c1ccc(COCC2CCNCC2)cc1. The monoisotopic (exact) mass is 626 g/mol. The van der Waals surface area contributed by atoms with E-state index in [2.05, 4.69) is 46.5 Å². The van der Waals surface area contributed by atoms with Gasteiger partial charge in [0, 0.05) is 40.5 Å². The minimum atomic E-state index is -0.461. The Morgan fingerprint density at radius 3 is 1.62 bits per heavy atom. The second-order valence-electron chi connectivity index (χ2n) is 10.2. The van der Waals surface area contributed by atoms with Gasteiger partial charge in [0.15, 0.2) is 0 Å². The number of hydrogen-bond donors (Lipinski definition) is 1. The third-order valence-corrected chi connectivity index (χ3v) is 6.99. The molecule has 2 aromatic rings. The maximum absolute atomic E-state index is 11.7. The standard InChI is InChI=1S/C16H23NO3.C13H19NO.C3H5ClO2.ClH/c1-19-13-16(18)17-9-7-15(8-10-17)12-20-11-14-5-3-2-4-6-14;1-2-4-12(5-3-1)10-15-11-13-6-8-14-9-7-13;1-6-2-3(4)5;/h2-6,15H,7-13H2,1H3;1-5,13-14H,6-11H2;2H2,1H3;1H. The van der Waals surface area contributed by atoms with Gasteiger partial charge in [0.05, 0.1) is 13.2 Å². The molecule has 2 fully saturated rings. The van der Waals surface area contributed by atoms with Crippen LogP contribution in [0.25, 0.3) is 0 Å². The van der Waals surface area contributed by atoms with Crippen molar-refractivity contribution in [3.8, 4) is 0 Å². The summed E-state index contributed by atoms with van der Waals surface area (Å²) in [5.74, 6) is 1.41. The van der Waals surface area contributed by atoms with E-state index in [0.29, 0.717) is 12.5 Å². The second-order valence-corrected chi connectivity index (χ2v) is 10.7. The van der Waals surface area contributed by atoms with Crippen molar-refractivity contribution < 1.29 is 28.5 Å². The lowest BCUT2D eigenvalue weighted by Crippen LogP contribution is -2.41. The van der Waals surface area contributed by atoms with Crippen molar-refractivity contribution in [2.75, 3.05) is 66.8 Å². The first-order valence-corrected chi connectivity index (χ1v) is 14.8. The lowest BCUT2D eigenvalue weighted by Gasteiger charge is -2.31. The lowest BCUT2D eigenvalue weighted by molar-refractivity contribution is -0.136. The van der Waals surface area contributed by atoms with Crippen molar-refractivity contribution in [1.82, 2.24) is 10.2 Å². The van der Waals surface area contributed by atoms with Crippen LogP contribution in [0.5, 0.6) is 0 Å². The van der Waals surface area contributed by atoms with Gasteiger partial charge in [-0.3, -0.25) is 9.59 Å². The van der Waals surface area contributed by atoms with E-state index >= 15 is 0 Å². The molecule has 42 heavy (non-hydrogen) atoms. The molecule has 0 aliphatic carbocycles. The highest BCUT2D eigenvalue weighted by Crippen LogP contribution is 2.18. The van der Waals surface area contributed by atoms with Gasteiger partial charge in [-0.1, -0.05) is 60.7 Å². The highest BCUT2D eigenvalue weighted by Gasteiger charge is 2.22. The van der Waals surface area contributed by atoms with Crippen molar-refractivity contribution in [2.24, 2.45) is 11.8 Å². The van der Waals surface area contributed by atoms with Gasteiger partial charge in [0.25, 0.3) is 0 Å². The summed E-state index contributed by atoms with van der Waals surface area (Å²) >= 11 is 4.81. The van der Waals surface area contributed by atoms with Crippen molar-refractivity contribution >= 4 is 35.2 Å². The van der Waals surface area contributed by atoms with Crippen LogP contribution in [0.3, 0.4) is 0 Å². The van der Waals surface area contributed by atoms with E-state index in [1.165, 1.54) is 31.1 Å². The highest BCUT2D eigenvalue weighted by molar-refractivity contribution is 6.63. The van der Waals surface area contributed by atoms with Gasteiger partial charge in [0.1, 0.15) is 13.2 Å². The van der Waals surface area contributed by atoms with Crippen LogP contribution < -0.4 is 5.32 Å². The number of methoxy groups -OCH3 is 2. The summed E-state index contributed by atoms with van der Waals surface area (Å²) in [5.41, 5.74) is 2.48. The number of halogens is 2. The molecule has 1 amide bonds. The van der Waals surface area contributed by atoms with Crippen LogP contribution in [0, 0.1) is 11.8 Å². The van der Waals surface area contributed by atoms with E-state index < -0.39 is 5.24 Å². The van der Waals surface area contributed by atoms with Gasteiger partial charge in [-0.2, -0.15) is 0 Å². The molecule has 2 saturated heterocycles. The average molecular weight is 628 g/mol. The molecule has 4 rings (SSSR count). The van der Waals surface area contributed by atoms with Crippen molar-refractivity contribution in [3.63, 3.8) is 0 Å². The molecule has 10 heteroatoms. The zero-order chi connectivity index (χ0) is 29.5. The molecule has 2 aliphatic heterocycles. The number of hydrogen-bond acceptors (Lipinski definition) is 7. The molecule has 0 spiro atoms. The van der Waals surface area contributed by atoms with Crippen molar-refractivity contribution in [3.05, 3.63) is 71.8 Å². The minimum Gasteiger partial charge on any atom is -0.376 e. The smallest absolute Gasteiger partial charge is 0.248 e. The predicted octanol–water partition coefficient (Wildman–Crippen LogP) is 5.11. The fraction of sp³-hybridized carbons (Fsp3) is 0.562. The summed E-state index contributed by atoms with van der Waals surface area (Å²) in [6.45, 7) is 7.25. The number of piperidine rings is 2. The number of carbonyl (C=O) groups excluding carboxylic acids is 2. The quantitative estimate of drug-likeness (QED) is 0.328. The van der Waals surface area contributed by atoms with Gasteiger partial charge < -0.3 is 29.2 Å². The van der Waals surface area contributed by atoms with E-state index in [0.717, 1.165) is 64.8 Å². The summed E-state index contributed by atoms with van der Waals surface area (Å²) in [7, 11) is 2.97. The largest absolute Gasteiger partial charge is 0.376 e. The molecule has 8 nitrogen and oxygen atoms in total. The van der Waals surface area contributed by atoms with E-state index in [9.17, 15) is 9.59 Å². The fourth-order valence-corrected chi connectivity index (χ4v) is 4.67. The third-order valence-electron chi connectivity index (χ3n) is 6.88. The van der Waals surface area contributed by atoms with E-state index in [1.54, 1.807) is 7.11 Å². The number of likely N-dealkylation sites (tertiary alicyclic amines) is 1. The Kier molecular flexibility index (Phi) is 22.1. The zero-order valence-corrected chi connectivity index (χ0v) is 26.6. The number of ether oxygens (including phenoxy) is 4. The first kappa shape index (κ1) is 38.0. The molecule has 1 N–H and O–H groups in total. The maximum atomic E-state index is 11.7. The van der Waals surface area contributed by atoms with Crippen LogP contribution in [0.1, 0.15) is 36.8 Å². The molecule has 2 aromatic carbocycles. The van der Waals surface area contributed by atoms with Gasteiger partial charge >= 0.3 is 0 Å². The zero-order valence-electron chi connectivity index (χ0n) is 25.0. The topological polar surface area (TPSA) is 86.3 Å². The number of benzene rings is 2. The van der Waals surface area contributed by atoms with Gasteiger partial charge in [0.2, 0.25) is 11.1 Å². The summed E-state index contributed by atoms with van der Waals surface area (Å²) < 4.78 is 20.7. The summed E-state index contributed by atoms with van der Waals surface area (Å²) in [4.78, 5) is 23.2. The first-order chi connectivity index (χ1) is 20.0. The molecule has 0 radical (unpaired) electrons. The third kappa shape index (κ3) is 17.8. The number of rotatable bonds is 12. The Balaban J connectivity index is 0.000000354. The number of nitrogens with zero attached hydrogens (tertiary/aromatic N) is 1. The highest BCUT2D eigenvalue weighted by atomic mass is 35.5.